The minimum Gasteiger partial charge on any atom is -0.481 e. The van der Waals surface area contributed by atoms with Crippen molar-refractivity contribution in [3.05, 3.63) is 40.0 Å². The first-order chi connectivity index (χ1) is 9.26. The topological polar surface area (TPSA) is 53.5 Å². The van der Waals surface area contributed by atoms with Crippen LogP contribution in [0.25, 0.3) is 0 Å². The van der Waals surface area contributed by atoms with Gasteiger partial charge in [-0.1, -0.05) is 6.07 Å². The number of ether oxygens (including phenoxy) is 3. The molecule has 0 aromatic carbocycles. The second kappa shape index (κ2) is 6.60. The van der Waals surface area contributed by atoms with Gasteiger partial charge in [-0.05, 0) is 5.56 Å². The van der Waals surface area contributed by atoms with E-state index < -0.39 is 6.29 Å². The Labute approximate surface area is 116 Å². The van der Waals surface area contributed by atoms with Crippen LogP contribution < -0.4 is 4.74 Å². The van der Waals surface area contributed by atoms with Gasteiger partial charge >= 0.3 is 0 Å². The Kier molecular flexibility index (Phi) is 4.84. The molecule has 2 rings (SSSR count). The van der Waals surface area contributed by atoms with E-state index in [0.717, 1.165) is 22.7 Å². The first-order valence-corrected chi connectivity index (χ1v) is 6.63. The van der Waals surface area contributed by atoms with Gasteiger partial charge in [0.1, 0.15) is 5.69 Å². The van der Waals surface area contributed by atoms with Crippen molar-refractivity contribution in [1.29, 1.82) is 0 Å². The van der Waals surface area contributed by atoms with Crippen molar-refractivity contribution in [3.63, 3.8) is 0 Å². The Morgan fingerprint density at radius 2 is 2.00 bits per heavy atom. The fraction of sp³-hybridized carbons (Fsp3) is 0.385. The summed E-state index contributed by atoms with van der Waals surface area (Å²) in [4.78, 5) is 8.67. The molecule has 2 aromatic rings. The second-order valence-electron chi connectivity index (χ2n) is 3.86. The highest BCUT2D eigenvalue weighted by atomic mass is 32.1. The van der Waals surface area contributed by atoms with E-state index in [-0.39, 0.29) is 0 Å². The quantitative estimate of drug-likeness (QED) is 0.761. The van der Waals surface area contributed by atoms with Crippen molar-refractivity contribution in [2.75, 3.05) is 21.3 Å². The average molecular weight is 280 g/mol. The Morgan fingerprint density at radius 3 is 2.58 bits per heavy atom. The zero-order valence-corrected chi connectivity index (χ0v) is 11.9. The molecule has 0 bridgehead atoms. The van der Waals surface area contributed by atoms with E-state index >= 15 is 0 Å². The molecule has 0 amide bonds. The van der Waals surface area contributed by atoms with E-state index in [0.29, 0.717) is 5.88 Å². The third-order valence-electron chi connectivity index (χ3n) is 2.60. The number of hydrogen-bond donors (Lipinski definition) is 0. The van der Waals surface area contributed by atoms with Gasteiger partial charge in [0.25, 0.3) is 0 Å². The molecule has 2 heterocycles. The van der Waals surface area contributed by atoms with E-state index in [1.54, 1.807) is 38.9 Å². The predicted molar refractivity (Wildman–Crippen MR) is 72.5 cm³/mol. The lowest BCUT2D eigenvalue weighted by molar-refractivity contribution is -0.108. The molecule has 0 radical (unpaired) electrons. The molecule has 6 heteroatoms. The minimum atomic E-state index is -0.404. The SMILES string of the molecule is COc1ccc(Cc2nc(C(OC)OC)cs2)cn1. The molecule has 0 aliphatic heterocycles. The number of nitrogens with zero attached hydrogens (tertiary/aromatic N) is 2. The second-order valence-corrected chi connectivity index (χ2v) is 4.80. The van der Waals surface area contributed by atoms with Gasteiger partial charge in [-0.25, -0.2) is 9.97 Å². The van der Waals surface area contributed by atoms with Gasteiger partial charge in [-0.15, -0.1) is 11.3 Å². The molecule has 0 spiro atoms. The molecule has 0 atom stereocenters. The molecule has 0 aliphatic carbocycles. The lowest BCUT2D eigenvalue weighted by atomic mass is 10.2. The molecule has 19 heavy (non-hydrogen) atoms. The van der Waals surface area contributed by atoms with Crippen molar-refractivity contribution in [1.82, 2.24) is 9.97 Å². The summed E-state index contributed by atoms with van der Waals surface area (Å²) >= 11 is 1.58. The molecule has 5 nitrogen and oxygen atoms in total. The van der Waals surface area contributed by atoms with Crippen molar-refractivity contribution >= 4 is 11.3 Å². The molecule has 0 unspecified atom stereocenters. The van der Waals surface area contributed by atoms with E-state index in [2.05, 4.69) is 9.97 Å². The molecule has 0 N–H and O–H groups in total. The van der Waals surface area contributed by atoms with Crippen LogP contribution in [0, 0.1) is 0 Å². The third-order valence-corrected chi connectivity index (χ3v) is 3.47. The van der Waals surface area contributed by atoms with Gasteiger partial charge in [-0.2, -0.15) is 0 Å². The van der Waals surface area contributed by atoms with Gasteiger partial charge in [0.05, 0.1) is 12.1 Å². The fourth-order valence-electron chi connectivity index (χ4n) is 1.66. The molecular weight excluding hydrogens is 264 g/mol. The van der Waals surface area contributed by atoms with E-state index in [1.807, 2.05) is 17.5 Å². The summed E-state index contributed by atoms with van der Waals surface area (Å²) in [5.41, 5.74) is 1.89. The molecular formula is C13H16N2O3S. The maximum absolute atomic E-state index is 5.17. The number of hydrogen-bond acceptors (Lipinski definition) is 6. The van der Waals surface area contributed by atoms with E-state index in [9.17, 15) is 0 Å². The molecule has 0 aliphatic rings. The average Bonchev–Trinajstić information content (AvgIpc) is 2.89. The lowest BCUT2D eigenvalue weighted by Crippen LogP contribution is -2.04. The normalized spacial score (nSPS) is 10.9. The third kappa shape index (κ3) is 3.50. The maximum atomic E-state index is 5.17. The van der Waals surface area contributed by atoms with Gasteiger partial charge in [0.2, 0.25) is 12.2 Å². The number of methoxy groups -OCH3 is 3. The van der Waals surface area contributed by atoms with Crippen LogP contribution in [0.4, 0.5) is 0 Å². The molecule has 0 saturated carbocycles. The number of rotatable bonds is 6. The summed E-state index contributed by atoms with van der Waals surface area (Å²) in [6.07, 6.45) is 2.13. The van der Waals surface area contributed by atoms with Crippen LogP contribution in [0.5, 0.6) is 5.88 Å². The first-order valence-electron chi connectivity index (χ1n) is 5.75. The van der Waals surface area contributed by atoms with Crippen LogP contribution in [-0.4, -0.2) is 31.3 Å². The van der Waals surface area contributed by atoms with Crippen molar-refractivity contribution in [3.8, 4) is 5.88 Å². The maximum Gasteiger partial charge on any atom is 0.212 e. The van der Waals surface area contributed by atoms with Crippen molar-refractivity contribution in [2.45, 2.75) is 12.7 Å². The Morgan fingerprint density at radius 1 is 1.21 bits per heavy atom. The largest absolute Gasteiger partial charge is 0.481 e. The highest BCUT2D eigenvalue weighted by Gasteiger charge is 2.13. The van der Waals surface area contributed by atoms with E-state index in [1.165, 1.54) is 0 Å². The highest BCUT2D eigenvalue weighted by molar-refractivity contribution is 7.09. The summed E-state index contributed by atoms with van der Waals surface area (Å²) in [5, 5.41) is 2.95. The Balaban J connectivity index is 2.06. The zero-order chi connectivity index (χ0) is 13.7. The van der Waals surface area contributed by atoms with Crippen LogP contribution in [0.3, 0.4) is 0 Å². The van der Waals surface area contributed by atoms with E-state index in [4.69, 9.17) is 14.2 Å². The summed E-state index contributed by atoms with van der Waals surface area (Å²) in [6.45, 7) is 0. The van der Waals surface area contributed by atoms with Crippen LogP contribution in [0.2, 0.25) is 0 Å². The number of thiazole rings is 1. The van der Waals surface area contributed by atoms with Crippen molar-refractivity contribution < 1.29 is 14.2 Å². The highest BCUT2D eigenvalue weighted by Crippen LogP contribution is 2.22. The first kappa shape index (κ1) is 13.9. The van der Waals surface area contributed by atoms with Crippen molar-refractivity contribution in [2.24, 2.45) is 0 Å². The monoisotopic (exact) mass is 280 g/mol. The summed E-state index contributed by atoms with van der Waals surface area (Å²) in [7, 11) is 4.80. The lowest BCUT2D eigenvalue weighted by Gasteiger charge is -2.09. The Hall–Kier alpha value is -1.50. The number of aromatic nitrogens is 2. The Bertz CT molecular complexity index is 509. The smallest absolute Gasteiger partial charge is 0.212 e. The van der Waals surface area contributed by atoms with Gasteiger partial charge in [-0.3, -0.25) is 0 Å². The fourth-order valence-corrected chi connectivity index (χ4v) is 2.49. The van der Waals surface area contributed by atoms with Crippen LogP contribution in [0.1, 0.15) is 22.6 Å². The predicted octanol–water partition coefficient (Wildman–Crippen LogP) is 2.43. The van der Waals surface area contributed by atoms with Crippen LogP contribution in [0.15, 0.2) is 23.7 Å². The standard InChI is InChI=1S/C13H16N2O3S/c1-16-11-5-4-9(7-14-11)6-12-15-10(8-19-12)13(17-2)18-3/h4-5,7-8,13H,6H2,1-3H3. The minimum absolute atomic E-state index is 0.404. The van der Waals surface area contributed by atoms with Gasteiger partial charge in [0.15, 0.2) is 0 Å². The summed E-state index contributed by atoms with van der Waals surface area (Å²) in [5.74, 6) is 0.613. The molecule has 2 aromatic heterocycles. The summed E-state index contributed by atoms with van der Waals surface area (Å²) in [6, 6.07) is 3.83. The van der Waals surface area contributed by atoms with Gasteiger partial charge in [0, 0.05) is 38.3 Å². The van der Waals surface area contributed by atoms with Crippen LogP contribution in [-0.2, 0) is 15.9 Å². The molecule has 0 fully saturated rings. The number of pyridine rings is 1. The zero-order valence-electron chi connectivity index (χ0n) is 11.1. The molecule has 102 valence electrons. The van der Waals surface area contributed by atoms with Crippen LogP contribution >= 0.6 is 11.3 Å². The van der Waals surface area contributed by atoms with Gasteiger partial charge < -0.3 is 14.2 Å². The molecule has 0 saturated heterocycles. The summed E-state index contributed by atoms with van der Waals surface area (Å²) < 4.78 is 15.4.